The molecule has 2 rings (SSSR count). The smallest absolute Gasteiger partial charge is 0.433 e. The van der Waals surface area contributed by atoms with Crippen LogP contribution in [0.5, 0.6) is 0 Å². The number of hydrogen-bond acceptors (Lipinski definition) is 9. The summed E-state index contributed by atoms with van der Waals surface area (Å²) in [6.07, 6.45) is -0.00282. The monoisotopic (exact) mass is 327 g/mol. The zero-order valence-electron chi connectivity index (χ0n) is 11.8. The molecule has 11 nitrogen and oxygen atoms in total. The molecule has 1 aromatic heterocycles. The van der Waals surface area contributed by atoms with Gasteiger partial charge in [-0.3, -0.25) is 14.9 Å². The first kappa shape index (κ1) is 16.4. The van der Waals surface area contributed by atoms with Gasteiger partial charge in [-0.1, -0.05) is 0 Å². The maximum Gasteiger partial charge on any atom is 0.433 e. The van der Waals surface area contributed by atoms with Crippen LogP contribution in [0.1, 0.15) is 5.76 Å². The molecule has 1 aliphatic heterocycles. The predicted molar refractivity (Wildman–Crippen MR) is 72.8 cm³/mol. The lowest BCUT2D eigenvalue weighted by Gasteiger charge is -2.07. The van der Waals surface area contributed by atoms with Crippen molar-refractivity contribution in [2.45, 2.75) is 6.10 Å². The van der Waals surface area contributed by atoms with E-state index in [0.717, 1.165) is 5.01 Å². The molecule has 2 heterocycles. The van der Waals surface area contributed by atoms with Gasteiger partial charge in [0.1, 0.15) is 17.6 Å². The Morgan fingerprint density at radius 3 is 3.00 bits per heavy atom. The second-order valence-corrected chi connectivity index (χ2v) is 4.31. The van der Waals surface area contributed by atoms with E-state index in [9.17, 15) is 19.7 Å². The fourth-order valence-electron chi connectivity index (χ4n) is 1.70. The summed E-state index contributed by atoms with van der Waals surface area (Å²) in [6.45, 7) is 0.905. The Hall–Kier alpha value is -2.95. The van der Waals surface area contributed by atoms with Crippen molar-refractivity contribution in [3.8, 4) is 0 Å². The van der Waals surface area contributed by atoms with Crippen molar-refractivity contribution < 1.29 is 33.1 Å². The van der Waals surface area contributed by atoms with E-state index in [0.29, 0.717) is 6.47 Å². The van der Waals surface area contributed by atoms with E-state index in [1.165, 1.54) is 18.3 Å². The third kappa shape index (κ3) is 4.78. The van der Waals surface area contributed by atoms with Crippen LogP contribution in [0.25, 0.3) is 0 Å². The standard InChI is InChI=1S/C12H13N3O8/c16-8-21-4-3-20-7-10-6-14(12(17)23-10)13-5-9-1-2-11(22-9)15(18)19/h1-2,5,8,10H,3-4,6-7H2. The van der Waals surface area contributed by atoms with E-state index in [1.54, 1.807) is 0 Å². The van der Waals surface area contributed by atoms with Gasteiger partial charge in [-0.2, -0.15) is 10.1 Å². The van der Waals surface area contributed by atoms with Crippen LogP contribution in [0.15, 0.2) is 21.7 Å². The van der Waals surface area contributed by atoms with Crippen molar-refractivity contribution in [3.63, 3.8) is 0 Å². The summed E-state index contributed by atoms with van der Waals surface area (Å²) >= 11 is 0. The third-order valence-corrected chi connectivity index (χ3v) is 2.69. The largest absolute Gasteiger partial charge is 0.465 e. The molecule has 1 atom stereocenters. The Kier molecular flexibility index (Phi) is 5.63. The van der Waals surface area contributed by atoms with Crippen molar-refractivity contribution in [2.24, 2.45) is 5.10 Å². The first-order valence-electron chi connectivity index (χ1n) is 6.49. The van der Waals surface area contributed by atoms with E-state index >= 15 is 0 Å². The van der Waals surface area contributed by atoms with Gasteiger partial charge in [0.05, 0.1) is 32.0 Å². The van der Waals surface area contributed by atoms with Gasteiger partial charge in [-0.05, 0) is 6.07 Å². The number of carbonyl (C=O) groups excluding carboxylic acids is 2. The highest BCUT2D eigenvalue weighted by Gasteiger charge is 2.31. The van der Waals surface area contributed by atoms with Crippen molar-refractivity contribution in [2.75, 3.05) is 26.4 Å². The van der Waals surface area contributed by atoms with E-state index in [-0.39, 0.29) is 32.1 Å². The molecule has 0 spiro atoms. The SMILES string of the molecule is O=COCCOCC1CN(N=Cc2ccc([N+](=O)[O-])o2)C(=O)O1. The van der Waals surface area contributed by atoms with Gasteiger partial charge < -0.3 is 18.6 Å². The summed E-state index contributed by atoms with van der Waals surface area (Å²) in [7, 11) is 0. The number of amides is 1. The highest BCUT2D eigenvalue weighted by Crippen LogP contribution is 2.15. The maximum atomic E-state index is 11.6. The first-order chi connectivity index (χ1) is 11.1. The van der Waals surface area contributed by atoms with Crippen molar-refractivity contribution >= 4 is 24.7 Å². The molecule has 1 amide bonds. The lowest BCUT2D eigenvalue weighted by Crippen LogP contribution is -2.22. The zero-order valence-corrected chi connectivity index (χ0v) is 11.8. The van der Waals surface area contributed by atoms with E-state index < -0.39 is 23.0 Å². The molecule has 23 heavy (non-hydrogen) atoms. The number of nitrogens with zero attached hydrogens (tertiary/aromatic N) is 3. The minimum absolute atomic E-state index is 0.114. The van der Waals surface area contributed by atoms with Crippen molar-refractivity contribution in [3.05, 3.63) is 28.0 Å². The normalized spacial score (nSPS) is 17.5. The Balaban J connectivity index is 1.79. The second-order valence-electron chi connectivity index (χ2n) is 4.31. The zero-order chi connectivity index (χ0) is 16.7. The molecule has 1 aliphatic rings. The summed E-state index contributed by atoms with van der Waals surface area (Å²) in [4.78, 5) is 31.3. The number of hydrazone groups is 1. The average Bonchev–Trinajstić information content (AvgIpc) is 3.12. The Morgan fingerprint density at radius 2 is 2.30 bits per heavy atom. The summed E-state index contributed by atoms with van der Waals surface area (Å²) in [5.41, 5.74) is 0. The minimum Gasteiger partial charge on any atom is -0.465 e. The molecule has 0 radical (unpaired) electrons. The maximum absolute atomic E-state index is 11.6. The molecule has 124 valence electrons. The molecule has 1 saturated heterocycles. The van der Waals surface area contributed by atoms with Gasteiger partial charge in [0.25, 0.3) is 6.47 Å². The molecular formula is C12H13N3O8. The number of hydrogen-bond donors (Lipinski definition) is 0. The van der Waals surface area contributed by atoms with Crippen LogP contribution in [-0.2, 0) is 19.0 Å². The van der Waals surface area contributed by atoms with Gasteiger partial charge >= 0.3 is 12.0 Å². The Morgan fingerprint density at radius 1 is 1.48 bits per heavy atom. The van der Waals surface area contributed by atoms with Crippen LogP contribution in [0, 0.1) is 10.1 Å². The number of rotatable bonds is 9. The molecule has 1 fully saturated rings. The minimum atomic E-state index is -0.677. The fraction of sp³-hybridized carbons (Fsp3) is 0.417. The number of nitro groups is 1. The molecule has 0 aromatic carbocycles. The van der Waals surface area contributed by atoms with Crippen LogP contribution in [0.3, 0.4) is 0 Å². The molecule has 0 aliphatic carbocycles. The van der Waals surface area contributed by atoms with Gasteiger partial charge in [-0.25, -0.2) is 4.79 Å². The van der Waals surface area contributed by atoms with Crippen LogP contribution < -0.4 is 0 Å². The lowest BCUT2D eigenvalue weighted by molar-refractivity contribution is -0.402. The van der Waals surface area contributed by atoms with Gasteiger partial charge in [-0.15, -0.1) is 0 Å². The highest BCUT2D eigenvalue weighted by atomic mass is 16.6. The summed E-state index contributed by atoms with van der Waals surface area (Å²) in [5, 5.41) is 15.4. The van der Waals surface area contributed by atoms with Crippen LogP contribution >= 0.6 is 0 Å². The van der Waals surface area contributed by atoms with Crippen LogP contribution in [0.2, 0.25) is 0 Å². The molecule has 1 unspecified atom stereocenters. The topological polar surface area (TPSA) is 134 Å². The fourth-order valence-corrected chi connectivity index (χ4v) is 1.70. The summed E-state index contributed by atoms with van der Waals surface area (Å²) in [6, 6.07) is 2.54. The number of ether oxygens (including phenoxy) is 3. The number of cyclic esters (lactones) is 1. The quantitative estimate of drug-likeness (QED) is 0.211. The molecule has 0 bridgehead atoms. The van der Waals surface area contributed by atoms with Crippen LogP contribution in [0.4, 0.5) is 10.7 Å². The first-order valence-corrected chi connectivity index (χ1v) is 6.49. The molecule has 11 heteroatoms. The van der Waals surface area contributed by atoms with Crippen molar-refractivity contribution in [1.82, 2.24) is 5.01 Å². The summed E-state index contributed by atoms with van der Waals surface area (Å²) < 4.78 is 19.5. The second kappa shape index (κ2) is 7.89. The van der Waals surface area contributed by atoms with E-state index in [1.807, 2.05) is 0 Å². The van der Waals surface area contributed by atoms with Crippen molar-refractivity contribution in [1.29, 1.82) is 0 Å². The number of furan rings is 1. The average molecular weight is 327 g/mol. The van der Waals surface area contributed by atoms with Gasteiger partial charge in [0.15, 0.2) is 5.76 Å². The Bertz CT molecular complexity index is 599. The van der Waals surface area contributed by atoms with Gasteiger partial charge in [0.2, 0.25) is 0 Å². The van der Waals surface area contributed by atoms with Gasteiger partial charge in [0, 0.05) is 0 Å². The Labute approximate surface area is 129 Å². The molecule has 0 saturated carbocycles. The lowest BCUT2D eigenvalue weighted by atomic mass is 10.4. The van der Waals surface area contributed by atoms with E-state index in [4.69, 9.17) is 13.9 Å². The number of carbonyl (C=O) groups is 2. The molecular weight excluding hydrogens is 314 g/mol. The summed E-state index contributed by atoms with van der Waals surface area (Å²) in [5.74, 6) is -0.283. The highest BCUT2D eigenvalue weighted by molar-refractivity contribution is 5.78. The molecule has 1 aromatic rings. The molecule has 0 N–H and O–H groups in total. The van der Waals surface area contributed by atoms with E-state index in [2.05, 4.69) is 9.84 Å². The third-order valence-electron chi connectivity index (χ3n) is 2.69. The predicted octanol–water partition coefficient (Wildman–Crippen LogP) is 0.532. The van der Waals surface area contributed by atoms with Crippen LogP contribution in [-0.4, -0.2) is 61.2 Å².